The fourth-order valence-electron chi connectivity index (χ4n) is 0.843. The number of rotatable bonds is 6. The van der Waals surface area contributed by atoms with Crippen molar-refractivity contribution in [1.29, 1.82) is 0 Å². The molecule has 0 atom stereocenters. The average molecular weight is 278 g/mol. The summed E-state index contributed by atoms with van der Waals surface area (Å²) < 4.78 is 60.3. The predicted octanol–water partition coefficient (Wildman–Crippen LogP) is -0.549. The lowest BCUT2D eigenvalue weighted by molar-refractivity contribution is -0.121. The third kappa shape index (κ3) is 6.28. The van der Waals surface area contributed by atoms with E-state index in [1.807, 2.05) is 0 Å². The van der Waals surface area contributed by atoms with Crippen LogP contribution in [-0.2, 0) is 10.2 Å². The monoisotopic (exact) mass is 278 g/mol. The lowest BCUT2D eigenvalue weighted by Crippen LogP contribution is -2.47. The third-order valence-corrected chi connectivity index (χ3v) is 3.19. The quantitative estimate of drug-likeness (QED) is 0.262. The summed E-state index contributed by atoms with van der Waals surface area (Å²) >= 11 is 0. The van der Waals surface area contributed by atoms with Gasteiger partial charge < -0.3 is 10.9 Å². The Balaban J connectivity index is 4.65. The Labute approximate surface area is 96.2 Å². The number of nitrogens with two attached hydrogens (primary N) is 1. The molecule has 0 bridgehead atoms. The summed E-state index contributed by atoms with van der Waals surface area (Å²) in [4.78, 5) is 0. The molecule has 0 spiro atoms. The zero-order valence-electron chi connectivity index (χ0n) is 8.90. The summed E-state index contributed by atoms with van der Waals surface area (Å²) in [6.45, 7) is -0.900. The van der Waals surface area contributed by atoms with Crippen molar-refractivity contribution in [3.05, 3.63) is 0 Å². The summed E-state index contributed by atoms with van der Waals surface area (Å²) in [7, 11) is -4.32. The summed E-state index contributed by atoms with van der Waals surface area (Å²) in [5.74, 6) is -0.427. The van der Waals surface area contributed by atoms with Gasteiger partial charge >= 0.3 is 6.18 Å². The molecule has 0 saturated carbocycles. The van der Waals surface area contributed by atoms with Crippen molar-refractivity contribution in [3.63, 3.8) is 0 Å². The number of oxime groups is 1. The zero-order chi connectivity index (χ0) is 13.7. The molecule has 0 fully saturated rings. The van der Waals surface area contributed by atoms with Crippen molar-refractivity contribution in [3.8, 4) is 0 Å². The van der Waals surface area contributed by atoms with Crippen LogP contribution in [0.4, 0.5) is 13.2 Å². The van der Waals surface area contributed by atoms with Crippen LogP contribution in [0.15, 0.2) is 5.16 Å². The Morgan fingerprint density at radius 2 is 2.06 bits per heavy atom. The van der Waals surface area contributed by atoms with Crippen LogP contribution in [0, 0.1) is 0 Å². The van der Waals surface area contributed by atoms with Gasteiger partial charge in [-0.1, -0.05) is 12.1 Å². The second-order valence-corrected chi connectivity index (χ2v) is 4.71. The van der Waals surface area contributed by atoms with Crippen LogP contribution < -0.4 is 10.5 Å². The molecule has 0 aromatic carbocycles. The van der Waals surface area contributed by atoms with Gasteiger partial charge in [-0.15, -0.1) is 0 Å². The minimum absolute atomic E-state index is 0.122. The second-order valence-electron chi connectivity index (χ2n) is 2.96. The highest BCUT2D eigenvalue weighted by Gasteiger charge is 2.31. The number of amidine groups is 1. The van der Waals surface area contributed by atoms with Gasteiger partial charge in [0.1, 0.15) is 6.54 Å². The molecular formula is C6H13F3N4O3S. The molecule has 0 rings (SSSR count). The van der Waals surface area contributed by atoms with Crippen molar-refractivity contribution < 1.29 is 26.8 Å². The van der Waals surface area contributed by atoms with E-state index >= 15 is 0 Å². The first-order valence-corrected chi connectivity index (χ1v) is 5.84. The largest absolute Gasteiger partial charge is 0.409 e. The van der Waals surface area contributed by atoms with E-state index in [2.05, 4.69) is 5.16 Å². The molecule has 0 aliphatic rings. The Morgan fingerprint density at radius 3 is 2.41 bits per heavy atom. The number of nitrogens with zero attached hydrogens (tertiary/aromatic N) is 2. The lowest BCUT2D eigenvalue weighted by atomic mass is 10.6. The van der Waals surface area contributed by atoms with Gasteiger partial charge in [-0.05, 0) is 0 Å². The smallest absolute Gasteiger partial charge is 0.402 e. The molecule has 7 nitrogen and oxygen atoms in total. The highest BCUT2D eigenvalue weighted by atomic mass is 32.2. The molecule has 0 aromatic rings. The van der Waals surface area contributed by atoms with E-state index < -0.39 is 35.3 Å². The number of nitrogens with one attached hydrogen (secondary N) is 1. The van der Waals surface area contributed by atoms with Gasteiger partial charge in [0.25, 0.3) is 10.2 Å². The fraction of sp³-hybridized carbons (Fsp3) is 0.833. The molecule has 0 aromatic heterocycles. The van der Waals surface area contributed by atoms with E-state index in [0.29, 0.717) is 4.31 Å². The Kier molecular flexibility index (Phi) is 5.64. The third-order valence-electron chi connectivity index (χ3n) is 1.61. The molecule has 0 aliphatic carbocycles. The molecular weight excluding hydrogens is 265 g/mol. The van der Waals surface area contributed by atoms with Crippen molar-refractivity contribution in [2.24, 2.45) is 10.9 Å². The summed E-state index contributed by atoms with van der Waals surface area (Å²) in [5.41, 5.74) is 5.07. The molecule has 17 heavy (non-hydrogen) atoms. The topological polar surface area (TPSA) is 108 Å². The number of halogens is 3. The molecule has 0 aliphatic heterocycles. The second kappa shape index (κ2) is 6.02. The molecule has 4 N–H and O–H groups in total. The SMILES string of the molecule is CCN(CC(N)=NO)S(=O)(=O)NCC(F)(F)F. The van der Waals surface area contributed by atoms with Gasteiger partial charge in [-0.25, -0.2) is 0 Å². The molecule has 0 unspecified atom stereocenters. The van der Waals surface area contributed by atoms with Crippen LogP contribution in [0.3, 0.4) is 0 Å². The standard InChI is InChI=1S/C6H13F3N4O3S/c1-2-13(3-5(10)12-14)17(15,16)11-4-6(7,8)9/h11,14H,2-4H2,1H3,(H2,10,12). The zero-order valence-corrected chi connectivity index (χ0v) is 9.72. The first-order chi connectivity index (χ1) is 7.62. The van der Waals surface area contributed by atoms with Crippen LogP contribution in [0.2, 0.25) is 0 Å². The van der Waals surface area contributed by atoms with E-state index in [9.17, 15) is 21.6 Å². The maximum Gasteiger partial charge on any atom is 0.402 e. The molecule has 102 valence electrons. The van der Waals surface area contributed by atoms with E-state index in [4.69, 9.17) is 10.9 Å². The number of hydrogen-bond acceptors (Lipinski definition) is 4. The first kappa shape index (κ1) is 15.9. The normalized spacial score (nSPS) is 14.3. The van der Waals surface area contributed by atoms with Crippen molar-refractivity contribution in [2.75, 3.05) is 19.6 Å². The van der Waals surface area contributed by atoms with E-state index in [0.717, 1.165) is 0 Å². The van der Waals surface area contributed by atoms with Crippen LogP contribution >= 0.6 is 0 Å². The lowest BCUT2D eigenvalue weighted by Gasteiger charge is -2.20. The van der Waals surface area contributed by atoms with Crippen molar-refractivity contribution in [2.45, 2.75) is 13.1 Å². The minimum atomic E-state index is -4.65. The predicted molar refractivity (Wildman–Crippen MR) is 53.6 cm³/mol. The van der Waals surface area contributed by atoms with E-state index in [1.54, 1.807) is 0 Å². The number of alkyl halides is 3. The molecule has 11 heteroatoms. The maximum absolute atomic E-state index is 11.8. The van der Waals surface area contributed by atoms with Gasteiger partial charge in [-0.3, -0.25) is 0 Å². The average Bonchev–Trinajstić information content (AvgIpc) is 2.21. The molecule has 0 radical (unpaired) electrons. The Bertz CT molecular complexity index is 367. The van der Waals surface area contributed by atoms with Gasteiger partial charge in [0.05, 0.1) is 6.54 Å². The maximum atomic E-state index is 11.8. The summed E-state index contributed by atoms with van der Waals surface area (Å²) in [6.07, 6.45) is -4.65. The molecule has 0 saturated heterocycles. The van der Waals surface area contributed by atoms with E-state index in [-0.39, 0.29) is 6.54 Å². The highest BCUT2D eigenvalue weighted by molar-refractivity contribution is 7.87. The van der Waals surface area contributed by atoms with E-state index in [1.165, 1.54) is 11.6 Å². The van der Waals surface area contributed by atoms with Crippen molar-refractivity contribution in [1.82, 2.24) is 9.03 Å². The van der Waals surface area contributed by atoms with Crippen LogP contribution in [0.1, 0.15) is 6.92 Å². The van der Waals surface area contributed by atoms with Crippen LogP contribution in [0.5, 0.6) is 0 Å². The highest BCUT2D eigenvalue weighted by Crippen LogP contribution is 2.13. The Morgan fingerprint density at radius 1 is 1.53 bits per heavy atom. The fourth-order valence-corrected chi connectivity index (χ4v) is 2.01. The number of likely N-dealkylation sites (N-methyl/N-ethyl adjacent to an activating group) is 1. The summed E-state index contributed by atoms with van der Waals surface area (Å²) in [6, 6.07) is 0. The van der Waals surface area contributed by atoms with Crippen LogP contribution in [-0.4, -0.2) is 49.6 Å². The van der Waals surface area contributed by atoms with Crippen LogP contribution in [0.25, 0.3) is 0 Å². The minimum Gasteiger partial charge on any atom is -0.409 e. The first-order valence-electron chi connectivity index (χ1n) is 4.40. The van der Waals surface area contributed by atoms with Gasteiger partial charge in [-0.2, -0.15) is 30.6 Å². The van der Waals surface area contributed by atoms with Gasteiger partial charge in [0.15, 0.2) is 5.84 Å². The van der Waals surface area contributed by atoms with Gasteiger partial charge in [0, 0.05) is 6.54 Å². The summed E-state index contributed by atoms with van der Waals surface area (Å²) in [5, 5.41) is 10.8. The molecule has 0 amide bonds. The Hall–Kier alpha value is -1.07. The molecule has 0 heterocycles. The number of hydrogen-bond donors (Lipinski definition) is 3. The van der Waals surface area contributed by atoms with Crippen molar-refractivity contribution >= 4 is 16.0 Å². The van der Waals surface area contributed by atoms with Gasteiger partial charge in [0.2, 0.25) is 0 Å².